The maximum atomic E-state index is 13.3. The number of likely N-dealkylation sites (N-methyl/N-ethyl adjacent to an activating group) is 1. The van der Waals surface area contributed by atoms with Crippen molar-refractivity contribution < 1.29 is 23.5 Å². The third kappa shape index (κ3) is 2.22. The number of halogens is 2. The molecule has 1 atom stereocenters. The number of carbonyl (C=O) groups is 2. The molecule has 1 aromatic carbocycles. The Morgan fingerprint density at radius 3 is 2.55 bits per heavy atom. The number of amides is 2. The topological polar surface area (TPSA) is 69.6 Å². The molecule has 1 aliphatic heterocycles. The van der Waals surface area contributed by atoms with Gasteiger partial charge in [-0.15, -0.1) is 0 Å². The molecule has 5 nitrogen and oxygen atoms in total. The Morgan fingerprint density at radius 1 is 1.35 bits per heavy atom. The number of carbonyl (C=O) groups excluding carboxylic acids is 1. The Balaban J connectivity index is 2.60. The smallest absolute Gasteiger partial charge is 0.335 e. The van der Waals surface area contributed by atoms with Crippen LogP contribution in [0.4, 0.5) is 13.6 Å². The minimum absolute atomic E-state index is 0.0851. The Bertz CT molecular complexity index is 628. The summed E-state index contributed by atoms with van der Waals surface area (Å²) in [7, 11) is 1.39. The Morgan fingerprint density at radius 2 is 2.00 bits per heavy atom. The van der Waals surface area contributed by atoms with Crippen LogP contribution in [0.1, 0.15) is 18.5 Å². The molecule has 0 fully saturated rings. The summed E-state index contributed by atoms with van der Waals surface area (Å²) >= 11 is 0. The minimum Gasteiger partial charge on any atom is -0.478 e. The number of nitrogens with one attached hydrogen (secondary N) is 1. The van der Waals surface area contributed by atoms with Gasteiger partial charge in [-0.3, -0.25) is 0 Å². The van der Waals surface area contributed by atoms with E-state index >= 15 is 0 Å². The fraction of sp³-hybridized carbons (Fsp3) is 0.231. The zero-order chi connectivity index (χ0) is 15.0. The van der Waals surface area contributed by atoms with Gasteiger partial charge in [0.25, 0.3) is 0 Å². The van der Waals surface area contributed by atoms with E-state index in [2.05, 4.69) is 5.32 Å². The molecule has 2 N–H and O–H groups in total. The van der Waals surface area contributed by atoms with E-state index in [1.165, 1.54) is 20.0 Å². The largest absolute Gasteiger partial charge is 0.478 e. The van der Waals surface area contributed by atoms with Gasteiger partial charge in [0.2, 0.25) is 0 Å². The van der Waals surface area contributed by atoms with Gasteiger partial charge >= 0.3 is 12.0 Å². The number of urea groups is 1. The number of benzene rings is 1. The molecule has 106 valence electrons. The monoisotopic (exact) mass is 282 g/mol. The minimum atomic E-state index is -1.23. The van der Waals surface area contributed by atoms with Gasteiger partial charge in [-0.2, -0.15) is 0 Å². The maximum absolute atomic E-state index is 13.3. The van der Waals surface area contributed by atoms with Crippen LogP contribution in [-0.4, -0.2) is 29.1 Å². The summed E-state index contributed by atoms with van der Waals surface area (Å²) in [5.74, 6) is -3.36. The Kier molecular flexibility index (Phi) is 3.44. The molecular formula is C13H12F2N2O3. The maximum Gasteiger partial charge on any atom is 0.335 e. The molecule has 0 aromatic heterocycles. The molecule has 0 saturated heterocycles. The Hall–Kier alpha value is -2.44. The second-order valence-corrected chi connectivity index (χ2v) is 4.46. The molecule has 20 heavy (non-hydrogen) atoms. The van der Waals surface area contributed by atoms with Crippen molar-refractivity contribution in [2.75, 3.05) is 7.05 Å². The van der Waals surface area contributed by atoms with Crippen LogP contribution in [0.3, 0.4) is 0 Å². The SMILES string of the molecule is CC1=C(C(=O)O)C(c2ccc(F)c(F)c2)N(C)C(=O)N1. The average molecular weight is 282 g/mol. The quantitative estimate of drug-likeness (QED) is 0.872. The van der Waals surface area contributed by atoms with Crippen LogP contribution >= 0.6 is 0 Å². The van der Waals surface area contributed by atoms with Crippen LogP contribution in [0.5, 0.6) is 0 Å². The lowest BCUT2D eigenvalue weighted by Gasteiger charge is -2.34. The van der Waals surface area contributed by atoms with Gasteiger partial charge in [0.05, 0.1) is 11.6 Å². The van der Waals surface area contributed by atoms with E-state index in [0.29, 0.717) is 0 Å². The molecule has 1 aliphatic rings. The van der Waals surface area contributed by atoms with E-state index < -0.39 is 29.7 Å². The van der Waals surface area contributed by atoms with Gasteiger partial charge in [-0.05, 0) is 24.6 Å². The predicted molar refractivity (Wildman–Crippen MR) is 65.7 cm³/mol. The molecule has 1 aromatic rings. The summed E-state index contributed by atoms with van der Waals surface area (Å²) in [6, 6.07) is 1.57. The lowest BCUT2D eigenvalue weighted by Crippen LogP contribution is -2.46. The summed E-state index contributed by atoms with van der Waals surface area (Å²) in [4.78, 5) is 24.2. The summed E-state index contributed by atoms with van der Waals surface area (Å²) in [5, 5.41) is 11.7. The summed E-state index contributed by atoms with van der Waals surface area (Å²) in [6.45, 7) is 1.45. The average Bonchev–Trinajstić information content (AvgIpc) is 2.36. The van der Waals surface area contributed by atoms with Gasteiger partial charge in [0.1, 0.15) is 0 Å². The normalized spacial score (nSPS) is 19.1. The molecule has 0 aliphatic carbocycles. The lowest BCUT2D eigenvalue weighted by atomic mass is 9.94. The van der Waals surface area contributed by atoms with Crippen molar-refractivity contribution in [3.63, 3.8) is 0 Å². The summed E-state index contributed by atoms with van der Waals surface area (Å²) in [5.41, 5.74) is 0.284. The van der Waals surface area contributed by atoms with E-state index in [1.807, 2.05) is 0 Å². The highest BCUT2D eigenvalue weighted by molar-refractivity contribution is 5.93. The number of rotatable bonds is 2. The molecule has 1 unspecified atom stereocenters. The van der Waals surface area contributed by atoms with E-state index in [1.54, 1.807) is 0 Å². The third-order valence-electron chi connectivity index (χ3n) is 3.17. The first-order valence-corrected chi connectivity index (χ1v) is 5.75. The second-order valence-electron chi connectivity index (χ2n) is 4.46. The van der Waals surface area contributed by atoms with Crippen molar-refractivity contribution in [2.45, 2.75) is 13.0 Å². The zero-order valence-electron chi connectivity index (χ0n) is 10.8. The van der Waals surface area contributed by atoms with Crippen molar-refractivity contribution in [3.8, 4) is 0 Å². The van der Waals surface area contributed by atoms with Crippen LogP contribution in [0.25, 0.3) is 0 Å². The molecular weight excluding hydrogens is 270 g/mol. The molecule has 0 saturated carbocycles. The highest BCUT2D eigenvalue weighted by atomic mass is 19.2. The molecule has 0 spiro atoms. The summed E-state index contributed by atoms with van der Waals surface area (Å²) < 4.78 is 26.3. The number of carboxylic acids is 1. The second kappa shape index (κ2) is 4.92. The number of hydrogen-bond donors (Lipinski definition) is 2. The van der Waals surface area contributed by atoms with Crippen LogP contribution < -0.4 is 5.32 Å². The van der Waals surface area contributed by atoms with Crippen molar-refractivity contribution in [2.24, 2.45) is 0 Å². The first-order valence-electron chi connectivity index (χ1n) is 5.75. The molecule has 1 heterocycles. The van der Waals surface area contributed by atoms with E-state index in [-0.39, 0.29) is 16.8 Å². The lowest BCUT2D eigenvalue weighted by molar-refractivity contribution is -0.133. The van der Waals surface area contributed by atoms with Crippen molar-refractivity contribution in [1.82, 2.24) is 10.2 Å². The zero-order valence-corrected chi connectivity index (χ0v) is 10.8. The van der Waals surface area contributed by atoms with E-state index in [9.17, 15) is 23.5 Å². The highest BCUT2D eigenvalue weighted by Gasteiger charge is 2.35. The predicted octanol–water partition coefficient (Wildman–Crippen LogP) is 2.02. The molecule has 2 amide bonds. The molecule has 0 radical (unpaired) electrons. The fourth-order valence-corrected chi connectivity index (χ4v) is 2.18. The van der Waals surface area contributed by atoms with E-state index in [0.717, 1.165) is 17.0 Å². The van der Waals surface area contributed by atoms with E-state index in [4.69, 9.17) is 0 Å². The standard InChI is InChI=1S/C13H12F2N2O3/c1-6-10(12(18)19)11(17(2)13(20)16-6)7-3-4-8(14)9(15)5-7/h3-5,11H,1-2H3,(H,16,20)(H,18,19). The van der Waals surface area contributed by atoms with Crippen molar-refractivity contribution >= 4 is 12.0 Å². The first kappa shape index (κ1) is 14.0. The highest BCUT2D eigenvalue weighted by Crippen LogP contribution is 2.33. The molecule has 0 bridgehead atoms. The number of allylic oxidation sites excluding steroid dienone is 1. The third-order valence-corrected chi connectivity index (χ3v) is 3.17. The number of carboxylic acid groups (broad SMARTS) is 1. The van der Waals surface area contributed by atoms with Gasteiger partial charge in [-0.1, -0.05) is 6.07 Å². The van der Waals surface area contributed by atoms with Crippen LogP contribution in [0.2, 0.25) is 0 Å². The summed E-state index contributed by atoms with van der Waals surface area (Å²) in [6.07, 6.45) is 0. The van der Waals surface area contributed by atoms with Gasteiger partial charge in [-0.25, -0.2) is 18.4 Å². The number of hydrogen-bond acceptors (Lipinski definition) is 2. The van der Waals surface area contributed by atoms with Gasteiger partial charge < -0.3 is 15.3 Å². The van der Waals surface area contributed by atoms with Crippen LogP contribution in [-0.2, 0) is 4.79 Å². The first-order chi connectivity index (χ1) is 9.32. The van der Waals surface area contributed by atoms with Gasteiger partial charge in [0, 0.05) is 12.7 Å². The van der Waals surface area contributed by atoms with Crippen molar-refractivity contribution in [1.29, 1.82) is 0 Å². The van der Waals surface area contributed by atoms with Crippen LogP contribution in [0, 0.1) is 11.6 Å². The molecule has 7 heteroatoms. The number of nitrogens with zero attached hydrogens (tertiary/aromatic N) is 1. The number of aliphatic carboxylic acids is 1. The van der Waals surface area contributed by atoms with Crippen molar-refractivity contribution in [3.05, 3.63) is 46.7 Å². The fourth-order valence-electron chi connectivity index (χ4n) is 2.18. The Labute approximate surface area is 113 Å². The van der Waals surface area contributed by atoms with Crippen LogP contribution in [0.15, 0.2) is 29.5 Å². The molecule has 2 rings (SSSR count). The van der Waals surface area contributed by atoms with Gasteiger partial charge in [0.15, 0.2) is 11.6 Å².